The summed E-state index contributed by atoms with van der Waals surface area (Å²) in [5.74, 6) is -0.786. The first-order chi connectivity index (χ1) is 6.77. The number of nitrogens with one attached hydrogen (secondary N) is 1. The number of halogens is 1. The molecule has 14 heavy (non-hydrogen) atoms. The quantitative estimate of drug-likeness (QED) is 0.741. The fraction of sp³-hybridized carbons (Fsp3) is 0. The van der Waals surface area contributed by atoms with Gasteiger partial charge in [-0.1, -0.05) is 6.07 Å². The van der Waals surface area contributed by atoms with Crippen LogP contribution >= 0.6 is 0 Å². The maximum Gasteiger partial charge on any atom is 0.283 e. The first kappa shape index (κ1) is 8.62. The number of aromatic amines is 1. The summed E-state index contributed by atoms with van der Waals surface area (Å²) in [4.78, 5) is 17.0. The van der Waals surface area contributed by atoms with Crippen LogP contribution in [0.15, 0.2) is 41.6 Å². The molecule has 0 radical (unpaired) electrons. The molecule has 2 rings (SSSR count). The van der Waals surface area contributed by atoms with Gasteiger partial charge in [-0.2, -0.15) is 0 Å². The molecular weight excluding hydrogens is 183 g/mol. The summed E-state index contributed by atoms with van der Waals surface area (Å²) in [6, 6.07) is 4.73. The number of nitrogens with zero attached hydrogens (tertiary/aromatic N) is 1. The lowest BCUT2D eigenvalue weighted by molar-refractivity contribution is 0.609. The van der Waals surface area contributed by atoms with Crippen molar-refractivity contribution in [2.75, 3.05) is 0 Å². The van der Waals surface area contributed by atoms with Gasteiger partial charge >= 0.3 is 0 Å². The monoisotopic (exact) mass is 190 g/mol. The van der Waals surface area contributed by atoms with Gasteiger partial charge in [-0.05, 0) is 12.1 Å². The van der Waals surface area contributed by atoms with Crippen molar-refractivity contribution in [1.82, 2.24) is 9.97 Å². The van der Waals surface area contributed by atoms with Crippen molar-refractivity contribution in [3.05, 3.63) is 53.0 Å². The molecule has 1 N–H and O–H groups in total. The minimum atomic E-state index is -0.786. The van der Waals surface area contributed by atoms with Gasteiger partial charge in [0.25, 0.3) is 5.56 Å². The normalized spacial score (nSPS) is 10.1. The molecule has 0 unspecified atom stereocenters. The largest absolute Gasteiger partial charge is 0.326 e. The predicted molar refractivity (Wildman–Crippen MR) is 50.3 cm³/mol. The van der Waals surface area contributed by atoms with E-state index in [1.807, 2.05) is 0 Å². The third-order valence-electron chi connectivity index (χ3n) is 1.85. The van der Waals surface area contributed by atoms with E-state index in [1.165, 1.54) is 12.3 Å². The standard InChI is InChI=1S/C10H7FN2O/c11-9-4-8(6-13-10(9)14)7-2-1-3-12-5-7/h1-6H,(H,13,14). The van der Waals surface area contributed by atoms with E-state index in [9.17, 15) is 9.18 Å². The van der Waals surface area contributed by atoms with Crippen molar-refractivity contribution in [1.29, 1.82) is 0 Å². The van der Waals surface area contributed by atoms with Crippen LogP contribution in [0.5, 0.6) is 0 Å². The van der Waals surface area contributed by atoms with Gasteiger partial charge in [-0.3, -0.25) is 9.78 Å². The fourth-order valence-corrected chi connectivity index (χ4v) is 1.16. The van der Waals surface area contributed by atoms with E-state index in [4.69, 9.17) is 0 Å². The second-order valence-electron chi connectivity index (χ2n) is 2.81. The Labute approximate surface area is 79.3 Å². The third kappa shape index (κ3) is 1.54. The smallest absolute Gasteiger partial charge is 0.283 e. The summed E-state index contributed by atoms with van der Waals surface area (Å²) in [5.41, 5.74) is 0.662. The van der Waals surface area contributed by atoms with Gasteiger partial charge in [0.05, 0.1) is 0 Å². The highest BCUT2D eigenvalue weighted by atomic mass is 19.1. The molecule has 4 heteroatoms. The highest BCUT2D eigenvalue weighted by Crippen LogP contribution is 2.15. The number of aromatic nitrogens is 2. The minimum absolute atomic E-state index is 0.607. The van der Waals surface area contributed by atoms with E-state index in [2.05, 4.69) is 9.97 Å². The molecule has 0 aliphatic rings. The van der Waals surface area contributed by atoms with Crippen LogP contribution in [0.25, 0.3) is 11.1 Å². The van der Waals surface area contributed by atoms with Crippen molar-refractivity contribution in [2.45, 2.75) is 0 Å². The molecule has 0 atom stereocenters. The Morgan fingerprint density at radius 2 is 2.21 bits per heavy atom. The zero-order valence-electron chi connectivity index (χ0n) is 7.20. The number of rotatable bonds is 1. The summed E-state index contributed by atoms with van der Waals surface area (Å²) in [7, 11) is 0. The van der Waals surface area contributed by atoms with Gasteiger partial charge in [0.15, 0.2) is 5.82 Å². The summed E-state index contributed by atoms with van der Waals surface area (Å²) in [5, 5.41) is 0. The molecule has 2 heterocycles. The molecule has 0 amide bonds. The third-order valence-corrected chi connectivity index (χ3v) is 1.85. The molecule has 2 aromatic rings. The Hall–Kier alpha value is -1.97. The number of hydrogen-bond donors (Lipinski definition) is 1. The van der Waals surface area contributed by atoms with E-state index in [-0.39, 0.29) is 0 Å². The fourth-order valence-electron chi connectivity index (χ4n) is 1.16. The molecular formula is C10H7FN2O. The number of pyridine rings is 2. The Kier molecular flexibility index (Phi) is 2.10. The Bertz CT molecular complexity index is 493. The van der Waals surface area contributed by atoms with Crippen molar-refractivity contribution >= 4 is 0 Å². The SMILES string of the molecule is O=c1[nH]cc(-c2cccnc2)cc1F. The molecule has 0 bridgehead atoms. The lowest BCUT2D eigenvalue weighted by Gasteiger charge is -1.99. The number of hydrogen-bond acceptors (Lipinski definition) is 2. The van der Waals surface area contributed by atoms with Crippen LogP contribution < -0.4 is 5.56 Å². The molecule has 0 aliphatic heterocycles. The lowest BCUT2D eigenvalue weighted by Crippen LogP contribution is -2.09. The topological polar surface area (TPSA) is 45.8 Å². The summed E-state index contributed by atoms with van der Waals surface area (Å²) >= 11 is 0. The van der Waals surface area contributed by atoms with E-state index < -0.39 is 11.4 Å². The number of H-pyrrole nitrogens is 1. The molecule has 0 aromatic carbocycles. The second-order valence-corrected chi connectivity index (χ2v) is 2.81. The van der Waals surface area contributed by atoms with Crippen LogP contribution in [0.3, 0.4) is 0 Å². The molecule has 2 aromatic heterocycles. The van der Waals surface area contributed by atoms with Crippen LogP contribution in [0, 0.1) is 5.82 Å². The summed E-state index contributed by atoms with van der Waals surface area (Å²) < 4.78 is 12.9. The van der Waals surface area contributed by atoms with Crippen molar-refractivity contribution < 1.29 is 4.39 Å². The average Bonchev–Trinajstić information content (AvgIpc) is 2.23. The van der Waals surface area contributed by atoms with Crippen LogP contribution in [0.2, 0.25) is 0 Å². The zero-order valence-corrected chi connectivity index (χ0v) is 7.20. The minimum Gasteiger partial charge on any atom is -0.326 e. The molecule has 0 spiro atoms. The first-order valence-corrected chi connectivity index (χ1v) is 4.06. The zero-order chi connectivity index (χ0) is 9.97. The Balaban J connectivity index is 2.54. The van der Waals surface area contributed by atoms with Gasteiger partial charge in [0, 0.05) is 29.7 Å². The van der Waals surface area contributed by atoms with E-state index >= 15 is 0 Å². The van der Waals surface area contributed by atoms with Crippen LogP contribution in [-0.2, 0) is 0 Å². The second kappa shape index (κ2) is 3.41. The van der Waals surface area contributed by atoms with E-state index in [0.717, 1.165) is 5.56 Å². The summed E-state index contributed by atoms with van der Waals surface area (Å²) in [6.07, 6.45) is 4.70. The van der Waals surface area contributed by atoms with Gasteiger partial charge in [-0.25, -0.2) is 4.39 Å². The maximum atomic E-state index is 12.9. The Morgan fingerprint density at radius 3 is 2.86 bits per heavy atom. The van der Waals surface area contributed by atoms with Crippen LogP contribution in [-0.4, -0.2) is 9.97 Å². The highest BCUT2D eigenvalue weighted by molar-refractivity contribution is 5.60. The van der Waals surface area contributed by atoms with Crippen molar-refractivity contribution in [2.24, 2.45) is 0 Å². The van der Waals surface area contributed by atoms with Gasteiger partial charge in [-0.15, -0.1) is 0 Å². The van der Waals surface area contributed by atoms with Crippen molar-refractivity contribution in [3.63, 3.8) is 0 Å². The molecule has 0 fully saturated rings. The van der Waals surface area contributed by atoms with E-state index in [0.29, 0.717) is 5.56 Å². The van der Waals surface area contributed by atoms with Gasteiger partial charge < -0.3 is 4.98 Å². The molecule has 0 saturated heterocycles. The molecule has 3 nitrogen and oxygen atoms in total. The highest BCUT2D eigenvalue weighted by Gasteiger charge is 2.01. The van der Waals surface area contributed by atoms with Crippen LogP contribution in [0.1, 0.15) is 0 Å². The van der Waals surface area contributed by atoms with Gasteiger partial charge in [0.1, 0.15) is 0 Å². The average molecular weight is 190 g/mol. The van der Waals surface area contributed by atoms with E-state index in [1.54, 1.807) is 24.5 Å². The molecule has 0 saturated carbocycles. The molecule has 0 aliphatic carbocycles. The molecule has 70 valence electrons. The summed E-state index contributed by atoms with van der Waals surface area (Å²) in [6.45, 7) is 0. The lowest BCUT2D eigenvalue weighted by atomic mass is 10.1. The van der Waals surface area contributed by atoms with Crippen LogP contribution in [0.4, 0.5) is 4.39 Å². The van der Waals surface area contributed by atoms with Gasteiger partial charge in [0.2, 0.25) is 0 Å². The Morgan fingerprint density at radius 1 is 1.36 bits per heavy atom. The van der Waals surface area contributed by atoms with Crippen molar-refractivity contribution in [3.8, 4) is 11.1 Å². The first-order valence-electron chi connectivity index (χ1n) is 4.06. The predicted octanol–water partition coefficient (Wildman–Crippen LogP) is 1.58. The maximum absolute atomic E-state index is 12.9.